The molecule has 0 aromatic rings. The highest BCUT2D eigenvalue weighted by Gasteiger charge is 2.28. The lowest BCUT2D eigenvalue weighted by molar-refractivity contribution is 0.321. The third-order valence-corrected chi connectivity index (χ3v) is 5.84. The first-order valence-electron chi connectivity index (χ1n) is 5.47. The molecule has 1 aliphatic heterocycles. The number of hydrogen-bond donors (Lipinski definition) is 0. The number of piperidine rings is 1. The third-order valence-electron chi connectivity index (χ3n) is 2.76. The summed E-state index contributed by atoms with van der Waals surface area (Å²) in [6, 6.07) is -0.177. The lowest BCUT2D eigenvalue weighted by Gasteiger charge is -2.28. The molecule has 0 bridgehead atoms. The predicted octanol–water partition coefficient (Wildman–Crippen LogP) is -0.839. The van der Waals surface area contributed by atoms with Crippen molar-refractivity contribution in [1.29, 1.82) is 0 Å². The van der Waals surface area contributed by atoms with Crippen LogP contribution in [0, 0.1) is 0 Å². The zero-order valence-electron chi connectivity index (χ0n) is 10.1. The minimum atomic E-state index is -3.54. The first-order chi connectivity index (χ1) is 8.24. The van der Waals surface area contributed by atoms with Gasteiger partial charge in [0.05, 0.1) is 17.5 Å². The van der Waals surface area contributed by atoms with Gasteiger partial charge in [-0.2, -0.15) is 0 Å². The molecule has 1 fully saturated rings. The van der Waals surface area contributed by atoms with Gasteiger partial charge in [-0.3, -0.25) is 0 Å². The van der Waals surface area contributed by atoms with E-state index in [-0.39, 0.29) is 24.9 Å². The topological polar surface area (TPSA) is 101 Å². The van der Waals surface area contributed by atoms with Crippen LogP contribution in [-0.4, -0.2) is 64.1 Å². The fourth-order valence-corrected chi connectivity index (χ4v) is 4.79. The van der Waals surface area contributed by atoms with Crippen LogP contribution in [0.25, 0.3) is 0 Å². The van der Waals surface area contributed by atoms with Gasteiger partial charge in [0.1, 0.15) is 9.84 Å². The normalized spacial score (nSPS) is 19.4. The molecule has 7 nitrogen and oxygen atoms in total. The van der Waals surface area contributed by atoms with E-state index >= 15 is 0 Å². The minimum absolute atomic E-state index is 0.177. The predicted molar refractivity (Wildman–Crippen MR) is 66.2 cm³/mol. The van der Waals surface area contributed by atoms with Crippen LogP contribution >= 0.6 is 0 Å². The van der Waals surface area contributed by atoms with Crippen LogP contribution in [0.5, 0.6) is 0 Å². The third kappa shape index (κ3) is 4.85. The lowest BCUT2D eigenvalue weighted by atomic mass is 10.1. The average molecular weight is 296 g/mol. The van der Waals surface area contributed by atoms with Crippen molar-refractivity contribution in [1.82, 2.24) is 4.31 Å². The Balaban J connectivity index is 2.58. The molecule has 0 aromatic heterocycles. The summed E-state index contributed by atoms with van der Waals surface area (Å²) in [4.78, 5) is 13.6. The van der Waals surface area contributed by atoms with E-state index < -0.39 is 25.6 Å². The van der Waals surface area contributed by atoms with Gasteiger partial charge in [0.15, 0.2) is 0 Å². The van der Waals surface area contributed by atoms with Gasteiger partial charge in [-0.05, 0) is 12.8 Å². The van der Waals surface area contributed by atoms with Gasteiger partial charge in [0, 0.05) is 19.3 Å². The van der Waals surface area contributed by atoms with Crippen molar-refractivity contribution in [2.24, 2.45) is 4.99 Å². The van der Waals surface area contributed by atoms with Gasteiger partial charge >= 0.3 is 0 Å². The van der Waals surface area contributed by atoms with Crippen molar-refractivity contribution >= 4 is 25.9 Å². The Kier molecular flexibility index (Phi) is 5.03. The Bertz CT molecular complexity index is 525. The summed E-state index contributed by atoms with van der Waals surface area (Å²) in [5.74, 6) is -0.769. The number of carbonyl (C=O) groups excluding carboxylic acids is 1. The molecule has 0 aromatic carbocycles. The molecular formula is C9H16N2O5S2. The van der Waals surface area contributed by atoms with Gasteiger partial charge in [0.25, 0.3) is 0 Å². The van der Waals surface area contributed by atoms with Crippen molar-refractivity contribution in [2.45, 2.75) is 18.9 Å². The number of rotatable bonds is 5. The number of sulfonamides is 1. The van der Waals surface area contributed by atoms with Crippen molar-refractivity contribution < 1.29 is 21.6 Å². The molecule has 9 heteroatoms. The molecule has 0 radical (unpaired) electrons. The van der Waals surface area contributed by atoms with E-state index in [1.807, 2.05) is 0 Å². The fourth-order valence-electron chi connectivity index (χ4n) is 1.71. The molecule has 0 N–H and O–H groups in total. The largest absolute Gasteiger partial charge is 0.235 e. The molecule has 1 saturated heterocycles. The highest BCUT2D eigenvalue weighted by Crippen LogP contribution is 2.16. The average Bonchev–Trinajstić information content (AvgIpc) is 2.27. The van der Waals surface area contributed by atoms with Crippen molar-refractivity contribution in [2.75, 3.05) is 30.9 Å². The van der Waals surface area contributed by atoms with Crippen molar-refractivity contribution in [3.63, 3.8) is 0 Å². The van der Waals surface area contributed by atoms with Crippen LogP contribution in [0.4, 0.5) is 0 Å². The molecule has 0 amide bonds. The summed E-state index contributed by atoms with van der Waals surface area (Å²) in [6.07, 6.45) is 3.40. The summed E-state index contributed by atoms with van der Waals surface area (Å²) >= 11 is 0. The van der Waals surface area contributed by atoms with E-state index in [0.29, 0.717) is 12.8 Å². The highest BCUT2D eigenvalue weighted by molar-refractivity contribution is 7.93. The van der Waals surface area contributed by atoms with Crippen LogP contribution in [0.1, 0.15) is 12.8 Å². The zero-order valence-corrected chi connectivity index (χ0v) is 11.7. The van der Waals surface area contributed by atoms with E-state index in [2.05, 4.69) is 4.99 Å². The summed E-state index contributed by atoms with van der Waals surface area (Å²) in [6.45, 7) is 0.532. The molecule has 0 atom stereocenters. The van der Waals surface area contributed by atoms with Gasteiger partial charge in [-0.15, -0.1) is 0 Å². The zero-order chi connectivity index (χ0) is 13.8. The van der Waals surface area contributed by atoms with E-state index in [1.54, 1.807) is 0 Å². The second kappa shape index (κ2) is 5.92. The molecule has 0 spiro atoms. The first kappa shape index (κ1) is 15.3. The van der Waals surface area contributed by atoms with E-state index in [1.165, 1.54) is 10.4 Å². The van der Waals surface area contributed by atoms with Crippen molar-refractivity contribution in [3.8, 4) is 0 Å². The van der Waals surface area contributed by atoms with Gasteiger partial charge < -0.3 is 0 Å². The van der Waals surface area contributed by atoms with Crippen molar-refractivity contribution in [3.05, 3.63) is 0 Å². The molecular weight excluding hydrogens is 280 g/mol. The number of nitrogens with zero attached hydrogens (tertiary/aromatic N) is 2. The summed E-state index contributed by atoms with van der Waals surface area (Å²) in [5.41, 5.74) is 0. The standard InChI is InChI=1S/C9H16N2O5S2/c1-17(13,14)6-7-18(15,16)11-4-2-9(3-5-11)10-8-12/h9H,2-7H2,1H3. The Morgan fingerprint density at radius 3 is 2.17 bits per heavy atom. The van der Waals surface area contributed by atoms with Crippen LogP contribution in [0.15, 0.2) is 4.99 Å². The smallest absolute Gasteiger partial charge is 0.229 e. The van der Waals surface area contributed by atoms with Gasteiger partial charge in [-0.25, -0.2) is 30.9 Å². The molecule has 18 heavy (non-hydrogen) atoms. The maximum atomic E-state index is 11.9. The SMILES string of the molecule is CS(=O)(=O)CCS(=O)(=O)N1CCC(N=C=O)CC1. The van der Waals surface area contributed by atoms with Crippen LogP contribution in [-0.2, 0) is 24.7 Å². The Hall–Kier alpha value is -0.760. The van der Waals surface area contributed by atoms with Crippen LogP contribution in [0.2, 0.25) is 0 Å². The quantitative estimate of drug-likeness (QED) is 0.486. The van der Waals surface area contributed by atoms with E-state index in [0.717, 1.165) is 6.26 Å². The molecule has 1 rings (SSSR count). The first-order valence-corrected chi connectivity index (χ1v) is 9.14. The van der Waals surface area contributed by atoms with Gasteiger partial charge in [0.2, 0.25) is 16.1 Å². The molecule has 0 unspecified atom stereocenters. The second-order valence-electron chi connectivity index (χ2n) is 4.30. The van der Waals surface area contributed by atoms with Gasteiger partial charge in [-0.1, -0.05) is 0 Å². The molecule has 104 valence electrons. The summed E-state index contributed by atoms with van der Waals surface area (Å²) in [5, 5.41) is 0. The fraction of sp³-hybridized carbons (Fsp3) is 0.889. The molecule has 0 aliphatic carbocycles. The van der Waals surface area contributed by atoms with E-state index in [9.17, 15) is 21.6 Å². The Morgan fingerprint density at radius 1 is 1.17 bits per heavy atom. The van der Waals surface area contributed by atoms with Crippen LogP contribution in [0.3, 0.4) is 0 Å². The number of aliphatic imine (C=N–C) groups is 1. The molecule has 0 saturated carbocycles. The summed E-state index contributed by atoms with van der Waals surface area (Å²) < 4.78 is 46.9. The molecule has 1 aliphatic rings. The monoisotopic (exact) mass is 296 g/mol. The lowest BCUT2D eigenvalue weighted by Crippen LogP contribution is -2.41. The summed E-state index contributed by atoms with van der Waals surface area (Å²) in [7, 11) is -6.83. The molecule has 1 heterocycles. The number of isocyanates is 1. The maximum Gasteiger partial charge on any atom is 0.235 e. The number of hydrogen-bond acceptors (Lipinski definition) is 6. The Labute approximate surface area is 107 Å². The second-order valence-corrected chi connectivity index (χ2v) is 8.64. The Morgan fingerprint density at radius 2 is 1.72 bits per heavy atom. The minimum Gasteiger partial charge on any atom is -0.229 e. The highest BCUT2D eigenvalue weighted by atomic mass is 32.2. The number of sulfone groups is 1. The van der Waals surface area contributed by atoms with Crippen LogP contribution < -0.4 is 0 Å². The van der Waals surface area contributed by atoms with E-state index in [4.69, 9.17) is 0 Å². The maximum absolute atomic E-state index is 11.9.